The van der Waals surface area contributed by atoms with Crippen molar-refractivity contribution in [2.75, 3.05) is 7.05 Å². The molecule has 6 heteroatoms. The molecular weight excluding hydrogens is 288 g/mol. The molecule has 5 nitrogen and oxygen atoms in total. The van der Waals surface area contributed by atoms with E-state index in [1.54, 1.807) is 36.7 Å². The number of ketones is 1. The van der Waals surface area contributed by atoms with Crippen molar-refractivity contribution in [1.29, 1.82) is 0 Å². The predicted molar refractivity (Wildman–Crippen MR) is 79.3 cm³/mol. The van der Waals surface area contributed by atoms with Crippen LogP contribution in [-0.2, 0) is 16.6 Å². The number of rotatable bonds is 5. The van der Waals surface area contributed by atoms with E-state index in [4.69, 9.17) is 0 Å². The first kappa shape index (κ1) is 15.3. The maximum absolute atomic E-state index is 12.5. The molecule has 0 unspecified atom stereocenters. The van der Waals surface area contributed by atoms with Crippen LogP contribution >= 0.6 is 0 Å². The third-order valence-electron chi connectivity index (χ3n) is 3.10. The van der Waals surface area contributed by atoms with E-state index in [0.29, 0.717) is 5.56 Å². The third-order valence-corrected chi connectivity index (χ3v) is 4.90. The average Bonchev–Trinajstić information content (AvgIpc) is 2.48. The first-order valence-electron chi connectivity index (χ1n) is 6.37. The molecular formula is C15H16N2O3S. The molecule has 0 aliphatic heterocycles. The monoisotopic (exact) mass is 304 g/mol. The Labute approximate surface area is 124 Å². The van der Waals surface area contributed by atoms with Gasteiger partial charge in [-0.2, -0.15) is 4.31 Å². The van der Waals surface area contributed by atoms with Crippen LogP contribution in [0.25, 0.3) is 0 Å². The van der Waals surface area contributed by atoms with Crippen LogP contribution in [0.4, 0.5) is 0 Å². The summed E-state index contributed by atoms with van der Waals surface area (Å²) in [6.45, 7) is 1.65. The Morgan fingerprint density at radius 2 is 1.86 bits per heavy atom. The average molecular weight is 304 g/mol. The molecule has 21 heavy (non-hydrogen) atoms. The molecule has 0 amide bonds. The van der Waals surface area contributed by atoms with Gasteiger partial charge < -0.3 is 0 Å². The Kier molecular flexibility index (Phi) is 4.50. The molecule has 0 saturated heterocycles. The standard InChI is InChI=1S/C15H16N2O3S/c1-12(18)14-4-3-5-15(10-14)21(19,20)17(2)11-13-6-8-16-9-7-13/h3-10H,11H2,1-2H3. The van der Waals surface area contributed by atoms with E-state index in [0.717, 1.165) is 5.56 Å². The van der Waals surface area contributed by atoms with Crippen LogP contribution in [0.1, 0.15) is 22.8 Å². The van der Waals surface area contributed by atoms with Crippen LogP contribution in [0.3, 0.4) is 0 Å². The number of Topliss-reactive ketones (excluding diaryl/α,β-unsaturated/α-hetero) is 1. The van der Waals surface area contributed by atoms with Gasteiger partial charge in [0.15, 0.2) is 5.78 Å². The largest absolute Gasteiger partial charge is 0.295 e. The molecule has 1 aromatic heterocycles. The van der Waals surface area contributed by atoms with Gasteiger partial charge in [0.1, 0.15) is 0 Å². The van der Waals surface area contributed by atoms with E-state index < -0.39 is 10.0 Å². The molecule has 2 aromatic rings. The normalized spacial score (nSPS) is 11.6. The van der Waals surface area contributed by atoms with Gasteiger partial charge in [0.25, 0.3) is 0 Å². The lowest BCUT2D eigenvalue weighted by Crippen LogP contribution is -2.26. The van der Waals surface area contributed by atoms with Crippen LogP contribution in [0, 0.1) is 0 Å². The summed E-state index contributed by atoms with van der Waals surface area (Å²) in [4.78, 5) is 15.4. The fourth-order valence-electron chi connectivity index (χ4n) is 1.89. The first-order valence-corrected chi connectivity index (χ1v) is 7.81. The van der Waals surface area contributed by atoms with Gasteiger partial charge in [-0.1, -0.05) is 12.1 Å². The number of nitrogens with zero attached hydrogens (tertiary/aromatic N) is 2. The van der Waals surface area contributed by atoms with Crippen molar-refractivity contribution >= 4 is 15.8 Å². The Hall–Kier alpha value is -2.05. The van der Waals surface area contributed by atoms with E-state index in [-0.39, 0.29) is 17.2 Å². The van der Waals surface area contributed by atoms with Crippen molar-refractivity contribution in [3.63, 3.8) is 0 Å². The lowest BCUT2D eigenvalue weighted by Gasteiger charge is -2.17. The van der Waals surface area contributed by atoms with Crippen LogP contribution in [0.5, 0.6) is 0 Å². The van der Waals surface area contributed by atoms with Crippen LogP contribution in [-0.4, -0.2) is 30.5 Å². The molecule has 0 bridgehead atoms. The van der Waals surface area contributed by atoms with Gasteiger partial charge in [-0.25, -0.2) is 8.42 Å². The van der Waals surface area contributed by atoms with Crippen molar-refractivity contribution in [1.82, 2.24) is 9.29 Å². The topological polar surface area (TPSA) is 67.3 Å². The molecule has 110 valence electrons. The van der Waals surface area contributed by atoms with Crippen molar-refractivity contribution < 1.29 is 13.2 Å². The van der Waals surface area contributed by atoms with Crippen LogP contribution in [0.15, 0.2) is 53.7 Å². The summed E-state index contributed by atoms with van der Waals surface area (Å²) < 4.78 is 26.3. The van der Waals surface area contributed by atoms with Gasteiger partial charge in [0.05, 0.1) is 4.90 Å². The zero-order valence-corrected chi connectivity index (χ0v) is 12.7. The Balaban J connectivity index is 2.29. The Morgan fingerprint density at radius 1 is 1.19 bits per heavy atom. The summed E-state index contributed by atoms with van der Waals surface area (Å²) in [5.74, 6) is -0.163. The van der Waals surface area contributed by atoms with Crippen molar-refractivity contribution in [3.05, 3.63) is 59.9 Å². The second-order valence-corrected chi connectivity index (χ2v) is 6.75. The Bertz CT molecular complexity index is 743. The van der Waals surface area contributed by atoms with Crippen molar-refractivity contribution in [2.45, 2.75) is 18.4 Å². The minimum Gasteiger partial charge on any atom is -0.295 e. The maximum atomic E-state index is 12.5. The lowest BCUT2D eigenvalue weighted by molar-refractivity contribution is 0.101. The minimum atomic E-state index is -3.63. The van der Waals surface area contributed by atoms with E-state index in [1.807, 2.05) is 0 Å². The fourth-order valence-corrected chi connectivity index (χ4v) is 3.09. The summed E-state index contributed by atoms with van der Waals surface area (Å²) in [6, 6.07) is 9.59. The van der Waals surface area contributed by atoms with Gasteiger partial charge in [0, 0.05) is 31.5 Å². The number of pyridine rings is 1. The SMILES string of the molecule is CC(=O)c1cccc(S(=O)(=O)N(C)Cc2ccncc2)c1. The molecule has 1 heterocycles. The van der Waals surface area contributed by atoms with E-state index in [2.05, 4.69) is 4.98 Å². The smallest absolute Gasteiger partial charge is 0.243 e. The highest BCUT2D eigenvalue weighted by molar-refractivity contribution is 7.89. The minimum absolute atomic E-state index is 0.117. The van der Waals surface area contributed by atoms with Crippen LogP contribution in [0.2, 0.25) is 0 Å². The second-order valence-electron chi connectivity index (χ2n) is 4.70. The third kappa shape index (κ3) is 3.53. The number of benzene rings is 1. The van der Waals surface area contributed by atoms with Gasteiger partial charge in [-0.3, -0.25) is 9.78 Å². The summed E-state index contributed by atoms with van der Waals surface area (Å²) in [7, 11) is -2.12. The summed E-state index contributed by atoms with van der Waals surface area (Å²) in [5, 5.41) is 0. The number of hydrogen-bond donors (Lipinski definition) is 0. The lowest BCUT2D eigenvalue weighted by atomic mass is 10.2. The summed E-state index contributed by atoms with van der Waals surface area (Å²) in [6.07, 6.45) is 3.23. The summed E-state index contributed by atoms with van der Waals surface area (Å²) in [5.41, 5.74) is 1.23. The molecule has 0 spiro atoms. The number of aromatic nitrogens is 1. The number of sulfonamides is 1. The summed E-state index contributed by atoms with van der Waals surface area (Å²) >= 11 is 0. The molecule has 0 radical (unpaired) electrons. The zero-order valence-electron chi connectivity index (χ0n) is 11.9. The van der Waals surface area contributed by atoms with Gasteiger partial charge >= 0.3 is 0 Å². The molecule has 1 aromatic carbocycles. The highest BCUT2D eigenvalue weighted by Crippen LogP contribution is 2.18. The van der Waals surface area contributed by atoms with Crippen LogP contribution < -0.4 is 0 Å². The van der Waals surface area contributed by atoms with E-state index >= 15 is 0 Å². The maximum Gasteiger partial charge on any atom is 0.243 e. The quantitative estimate of drug-likeness (QED) is 0.793. The molecule has 2 rings (SSSR count). The van der Waals surface area contributed by atoms with Crippen molar-refractivity contribution in [2.24, 2.45) is 0 Å². The molecule has 0 aliphatic carbocycles. The predicted octanol–water partition coefficient (Wildman–Crippen LogP) is 2.10. The molecule has 0 fully saturated rings. The van der Waals surface area contributed by atoms with Gasteiger partial charge in [-0.05, 0) is 36.8 Å². The Morgan fingerprint density at radius 3 is 2.48 bits per heavy atom. The fraction of sp³-hybridized carbons (Fsp3) is 0.200. The highest BCUT2D eigenvalue weighted by Gasteiger charge is 2.21. The van der Waals surface area contributed by atoms with Crippen molar-refractivity contribution in [3.8, 4) is 0 Å². The van der Waals surface area contributed by atoms with E-state index in [9.17, 15) is 13.2 Å². The highest BCUT2D eigenvalue weighted by atomic mass is 32.2. The molecule has 0 saturated carbocycles. The first-order chi connectivity index (χ1) is 9.91. The molecule has 0 atom stereocenters. The van der Waals surface area contributed by atoms with Gasteiger partial charge in [0.2, 0.25) is 10.0 Å². The van der Waals surface area contributed by atoms with E-state index in [1.165, 1.54) is 30.4 Å². The zero-order chi connectivity index (χ0) is 15.5. The molecule has 0 aliphatic rings. The number of carbonyl (C=O) groups excluding carboxylic acids is 1. The van der Waals surface area contributed by atoms with Gasteiger partial charge in [-0.15, -0.1) is 0 Å². The second kappa shape index (κ2) is 6.15. The number of carbonyl (C=O) groups is 1. The molecule has 0 N–H and O–H groups in total. The number of hydrogen-bond acceptors (Lipinski definition) is 4.